The number of hydrogen-bond acceptors (Lipinski definition) is 3. The molecule has 4 heteroatoms. The number of hydroxylamine groups is 2. The highest BCUT2D eigenvalue weighted by atomic mass is 35.5. The van der Waals surface area contributed by atoms with Crippen LogP contribution in [0.3, 0.4) is 0 Å². The normalized spacial score (nSPS) is 22.9. The Labute approximate surface area is 169 Å². The van der Waals surface area contributed by atoms with Gasteiger partial charge in [-0.2, -0.15) is 5.06 Å². The Morgan fingerprint density at radius 3 is 2.54 bits per heavy atom. The summed E-state index contributed by atoms with van der Waals surface area (Å²) in [5, 5.41) is 5.04. The first kappa shape index (κ1) is 17.6. The number of para-hydroxylation sites is 1. The third-order valence-corrected chi connectivity index (χ3v) is 6.20. The zero-order valence-electron chi connectivity index (χ0n) is 15.9. The standard InChI is InChI=1S/C24H21ClN2O/c1-24(15-23(28-27(24)2)16-8-11-20(25)12-9-16)19-10-7-18-13-17-5-3-4-6-21(17)26-22(18)14-19/h3-14,23H,15H2,1-2H3. The minimum atomic E-state index is -0.230. The molecule has 4 aromatic rings. The third-order valence-electron chi connectivity index (χ3n) is 5.95. The van der Waals surface area contributed by atoms with Gasteiger partial charge in [-0.15, -0.1) is 0 Å². The fourth-order valence-corrected chi connectivity index (χ4v) is 4.22. The highest BCUT2D eigenvalue weighted by molar-refractivity contribution is 6.30. The van der Waals surface area contributed by atoms with Crippen molar-refractivity contribution in [1.82, 2.24) is 10.0 Å². The largest absolute Gasteiger partial charge is 0.290 e. The van der Waals surface area contributed by atoms with E-state index in [1.165, 1.54) is 5.56 Å². The Hall–Kier alpha value is -2.46. The van der Waals surface area contributed by atoms with Gasteiger partial charge in [0, 0.05) is 29.3 Å². The Morgan fingerprint density at radius 1 is 0.964 bits per heavy atom. The van der Waals surface area contributed by atoms with Gasteiger partial charge in [-0.25, -0.2) is 4.98 Å². The molecule has 1 fully saturated rings. The first-order valence-electron chi connectivity index (χ1n) is 9.49. The lowest BCUT2D eigenvalue weighted by atomic mass is 9.85. The fourth-order valence-electron chi connectivity index (χ4n) is 4.10. The van der Waals surface area contributed by atoms with Crippen molar-refractivity contribution in [2.24, 2.45) is 0 Å². The van der Waals surface area contributed by atoms with Crippen LogP contribution in [0.4, 0.5) is 0 Å². The molecule has 140 valence electrons. The number of nitrogens with zero attached hydrogens (tertiary/aromatic N) is 2. The van der Waals surface area contributed by atoms with E-state index in [-0.39, 0.29) is 11.6 Å². The lowest BCUT2D eigenvalue weighted by Crippen LogP contribution is -2.34. The van der Waals surface area contributed by atoms with Gasteiger partial charge in [0.05, 0.1) is 16.6 Å². The maximum absolute atomic E-state index is 6.21. The van der Waals surface area contributed by atoms with Gasteiger partial charge in [-0.1, -0.05) is 54.1 Å². The van der Waals surface area contributed by atoms with E-state index < -0.39 is 0 Å². The molecule has 2 unspecified atom stereocenters. The molecule has 1 saturated heterocycles. The van der Waals surface area contributed by atoms with Crippen LogP contribution in [0.1, 0.15) is 30.6 Å². The number of pyridine rings is 1. The van der Waals surface area contributed by atoms with Gasteiger partial charge in [0.15, 0.2) is 0 Å². The highest BCUT2D eigenvalue weighted by Gasteiger charge is 2.43. The van der Waals surface area contributed by atoms with Crippen LogP contribution in [0.2, 0.25) is 5.02 Å². The van der Waals surface area contributed by atoms with Crippen molar-refractivity contribution in [2.45, 2.75) is 25.0 Å². The Morgan fingerprint density at radius 2 is 1.71 bits per heavy atom. The number of rotatable bonds is 2. The van der Waals surface area contributed by atoms with E-state index in [1.54, 1.807) is 0 Å². The van der Waals surface area contributed by atoms with E-state index in [0.29, 0.717) is 0 Å². The smallest absolute Gasteiger partial charge is 0.106 e. The topological polar surface area (TPSA) is 25.4 Å². The van der Waals surface area contributed by atoms with Crippen LogP contribution in [-0.2, 0) is 10.4 Å². The van der Waals surface area contributed by atoms with Crippen LogP contribution in [0.25, 0.3) is 21.8 Å². The van der Waals surface area contributed by atoms with Gasteiger partial charge in [0.25, 0.3) is 0 Å². The van der Waals surface area contributed by atoms with Crippen molar-refractivity contribution in [3.63, 3.8) is 0 Å². The lowest BCUT2D eigenvalue weighted by Gasteiger charge is -2.30. The molecule has 0 radical (unpaired) electrons. The van der Waals surface area contributed by atoms with Gasteiger partial charge >= 0.3 is 0 Å². The first-order chi connectivity index (χ1) is 13.5. The molecular formula is C24H21ClN2O. The highest BCUT2D eigenvalue weighted by Crippen LogP contribution is 2.46. The summed E-state index contributed by atoms with van der Waals surface area (Å²) in [5.41, 5.74) is 4.16. The van der Waals surface area contributed by atoms with Gasteiger partial charge in [-0.05, 0) is 48.4 Å². The fraction of sp³-hybridized carbons (Fsp3) is 0.208. The predicted molar refractivity (Wildman–Crippen MR) is 114 cm³/mol. The van der Waals surface area contributed by atoms with Crippen molar-refractivity contribution >= 4 is 33.4 Å². The maximum Gasteiger partial charge on any atom is 0.106 e. The van der Waals surface area contributed by atoms with E-state index in [0.717, 1.165) is 38.8 Å². The van der Waals surface area contributed by atoms with Crippen molar-refractivity contribution in [3.8, 4) is 0 Å². The molecule has 1 aliphatic rings. The molecule has 5 rings (SSSR count). The van der Waals surface area contributed by atoms with Gasteiger partial charge in [0.2, 0.25) is 0 Å². The zero-order valence-corrected chi connectivity index (χ0v) is 16.6. The molecule has 1 aromatic heterocycles. The molecule has 0 amide bonds. The molecule has 3 aromatic carbocycles. The van der Waals surface area contributed by atoms with Crippen LogP contribution in [0.5, 0.6) is 0 Å². The Bertz CT molecular complexity index is 1170. The Kier molecular flexibility index (Phi) is 4.13. The van der Waals surface area contributed by atoms with E-state index in [4.69, 9.17) is 21.4 Å². The minimum Gasteiger partial charge on any atom is -0.290 e. The van der Waals surface area contributed by atoms with Crippen LogP contribution >= 0.6 is 11.6 Å². The second-order valence-corrected chi connectivity index (χ2v) is 8.15. The second kappa shape index (κ2) is 6.56. The summed E-state index contributed by atoms with van der Waals surface area (Å²) in [6.45, 7) is 2.23. The summed E-state index contributed by atoms with van der Waals surface area (Å²) >= 11 is 6.04. The average molecular weight is 389 g/mol. The molecule has 0 N–H and O–H groups in total. The Balaban J connectivity index is 1.54. The second-order valence-electron chi connectivity index (χ2n) is 7.71. The van der Waals surface area contributed by atoms with Crippen LogP contribution in [0.15, 0.2) is 72.8 Å². The zero-order chi connectivity index (χ0) is 19.3. The molecule has 1 aliphatic heterocycles. The number of hydrogen-bond donors (Lipinski definition) is 0. The minimum absolute atomic E-state index is 0.00697. The summed E-state index contributed by atoms with van der Waals surface area (Å²) < 4.78 is 0. The molecule has 0 bridgehead atoms. The van der Waals surface area contributed by atoms with Crippen molar-refractivity contribution < 1.29 is 4.84 Å². The van der Waals surface area contributed by atoms with Gasteiger partial charge in [-0.3, -0.25) is 4.84 Å². The van der Waals surface area contributed by atoms with Crippen molar-refractivity contribution in [2.75, 3.05) is 7.05 Å². The number of benzene rings is 3. The number of halogens is 1. The SMILES string of the molecule is CN1OC(c2ccc(Cl)cc2)CC1(C)c1ccc2cc3ccccc3nc2c1. The summed E-state index contributed by atoms with van der Waals surface area (Å²) in [4.78, 5) is 11.1. The molecule has 2 heterocycles. The van der Waals surface area contributed by atoms with Gasteiger partial charge < -0.3 is 0 Å². The van der Waals surface area contributed by atoms with E-state index in [1.807, 2.05) is 48.5 Å². The molecule has 28 heavy (non-hydrogen) atoms. The summed E-state index contributed by atoms with van der Waals surface area (Å²) in [5.74, 6) is 0. The maximum atomic E-state index is 6.21. The average Bonchev–Trinajstić information content (AvgIpc) is 3.02. The molecule has 0 saturated carbocycles. The molecule has 2 atom stereocenters. The number of fused-ring (bicyclic) bond motifs is 2. The van der Waals surface area contributed by atoms with E-state index in [9.17, 15) is 0 Å². The first-order valence-corrected chi connectivity index (χ1v) is 9.87. The molecule has 3 nitrogen and oxygen atoms in total. The van der Waals surface area contributed by atoms with E-state index in [2.05, 4.69) is 43.3 Å². The van der Waals surface area contributed by atoms with Gasteiger partial charge in [0.1, 0.15) is 6.10 Å². The van der Waals surface area contributed by atoms with Crippen LogP contribution < -0.4 is 0 Å². The van der Waals surface area contributed by atoms with Crippen LogP contribution in [0, 0.1) is 0 Å². The van der Waals surface area contributed by atoms with E-state index >= 15 is 0 Å². The number of aromatic nitrogens is 1. The third kappa shape index (κ3) is 2.87. The predicted octanol–water partition coefficient (Wildman–Crippen LogP) is 6.27. The van der Waals surface area contributed by atoms with Crippen molar-refractivity contribution in [1.29, 1.82) is 0 Å². The summed E-state index contributed by atoms with van der Waals surface area (Å²) in [7, 11) is 2.01. The quantitative estimate of drug-likeness (QED) is 0.378. The monoisotopic (exact) mass is 388 g/mol. The van der Waals surface area contributed by atoms with Crippen molar-refractivity contribution in [3.05, 3.63) is 88.9 Å². The molecule has 0 aliphatic carbocycles. The van der Waals surface area contributed by atoms with Crippen LogP contribution in [-0.4, -0.2) is 17.1 Å². The lowest BCUT2D eigenvalue weighted by molar-refractivity contribution is -0.169. The summed E-state index contributed by atoms with van der Waals surface area (Å²) in [6.07, 6.45) is 0.872. The summed E-state index contributed by atoms with van der Waals surface area (Å²) in [6, 6.07) is 24.9. The molecular weight excluding hydrogens is 368 g/mol. The molecule has 0 spiro atoms.